The molecule has 39 heavy (non-hydrogen) atoms. The summed E-state index contributed by atoms with van der Waals surface area (Å²) in [6.07, 6.45) is -5.95. The molecule has 4 aromatic rings. The maximum Gasteiger partial charge on any atom is 0.416 e. The summed E-state index contributed by atoms with van der Waals surface area (Å²) in [6.45, 7) is 7.54. The molecule has 0 saturated carbocycles. The first-order valence-electron chi connectivity index (χ1n) is 11.9. The topological polar surface area (TPSA) is 68.5 Å². The molecule has 5 nitrogen and oxygen atoms in total. The standard InChI is InChI=1S/C29H24Cl2F3NO4/c1-15(27(37)35-22-13-18(29(32,33)34)9-11-21(22)31)38-26-24(36)20-14-19(30)10-12-23(20)39-25(26)16-5-7-17(8-6-16)28(2,3)4/h5-15H,1-4H3,(H,35,37). The first-order chi connectivity index (χ1) is 18.1. The Morgan fingerprint density at radius 2 is 1.59 bits per heavy atom. The van der Waals surface area contributed by atoms with Crippen molar-refractivity contribution in [3.05, 3.63) is 92.1 Å². The molecule has 204 valence electrons. The van der Waals surface area contributed by atoms with Crippen molar-refractivity contribution in [2.45, 2.75) is 45.4 Å². The number of hydrogen-bond acceptors (Lipinski definition) is 4. The van der Waals surface area contributed by atoms with Crippen molar-refractivity contribution in [3.63, 3.8) is 0 Å². The Bertz CT molecular complexity index is 1610. The predicted molar refractivity (Wildman–Crippen MR) is 147 cm³/mol. The second kappa shape index (κ2) is 10.6. The van der Waals surface area contributed by atoms with Crippen LogP contribution < -0.4 is 15.5 Å². The maximum atomic E-state index is 13.5. The molecule has 0 fully saturated rings. The Kier molecular flexibility index (Phi) is 7.74. The van der Waals surface area contributed by atoms with E-state index in [0.717, 1.165) is 23.8 Å². The Hall–Kier alpha value is -3.49. The van der Waals surface area contributed by atoms with Gasteiger partial charge in [-0.15, -0.1) is 0 Å². The van der Waals surface area contributed by atoms with Gasteiger partial charge in [0.05, 0.1) is 21.7 Å². The maximum absolute atomic E-state index is 13.5. The molecule has 3 aromatic carbocycles. The van der Waals surface area contributed by atoms with Crippen molar-refractivity contribution in [2.24, 2.45) is 0 Å². The van der Waals surface area contributed by atoms with Crippen molar-refractivity contribution in [1.82, 2.24) is 0 Å². The SMILES string of the molecule is CC(Oc1c(-c2ccc(C(C)(C)C)cc2)oc2ccc(Cl)cc2c1=O)C(=O)Nc1cc(C(F)(F)F)ccc1Cl. The summed E-state index contributed by atoms with van der Waals surface area (Å²) < 4.78 is 51.3. The summed E-state index contributed by atoms with van der Waals surface area (Å²) in [5.74, 6) is -0.978. The molecule has 1 atom stereocenters. The highest BCUT2D eigenvalue weighted by Crippen LogP contribution is 2.35. The highest BCUT2D eigenvalue weighted by molar-refractivity contribution is 6.33. The van der Waals surface area contributed by atoms with Crippen LogP contribution in [0.2, 0.25) is 10.0 Å². The average Bonchev–Trinajstić information content (AvgIpc) is 2.86. The van der Waals surface area contributed by atoms with Gasteiger partial charge in [-0.25, -0.2) is 0 Å². The molecule has 1 aromatic heterocycles. The molecule has 4 rings (SSSR count). The fourth-order valence-electron chi connectivity index (χ4n) is 3.83. The minimum Gasteiger partial charge on any atom is -0.473 e. The van der Waals surface area contributed by atoms with Crippen molar-refractivity contribution in [3.8, 4) is 17.1 Å². The fraction of sp³-hybridized carbons (Fsp3) is 0.241. The van der Waals surface area contributed by atoms with Gasteiger partial charge in [-0.05, 0) is 54.3 Å². The van der Waals surface area contributed by atoms with Gasteiger partial charge in [-0.1, -0.05) is 68.2 Å². The monoisotopic (exact) mass is 577 g/mol. The Balaban J connectivity index is 1.73. The van der Waals surface area contributed by atoms with Gasteiger partial charge >= 0.3 is 6.18 Å². The highest BCUT2D eigenvalue weighted by atomic mass is 35.5. The molecule has 1 heterocycles. The molecule has 1 amide bonds. The molecule has 0 aliphatic rings. The number of rotatable bonds is 5. The summed E-state index contributed by atoms with van der Waals surface area (Å²) >= 11 is 12.1. The summed E-state index contributed by atoms with van der Waals surface area (Å²) in [4.78, 5) is 26.4. The number of amides is 1. The van der Waals surface area contributed by atoms with Crippen LogP contribution in [0.5, 0.6) is 5.75 Å². The van der Waals surface area contributed by atoms with Crippen LogP contribution in [0.4, 0.5) is 18.9 Å². The van der Waals surface area contributed by atoms with E-state index in [2.05, 4.69) is 26.1 Å². The molecule has 0 saturated heterocycles. The minimum atomic E-state index is -4.63. The Labute approximate surface area is 232 Å². The lowest BCUT2D eigenvalue weighted by molar-refractivity contribution is -0.137. The molecule has 0 bridgehead atoms. The molecule has 1 N–H and O–H groups in total. The van der Waals surface area contributed by atoms with Gasteiger partial charge in [0.15, 0.2) is 11.9 Å². The van der Waals surface area contributed by atoms with Crippen LogP contribution >= 0.6 is 23.2 Å². The van der Waals surface area contributed by atoms with Crippen molar-refractivity contribution < 1.29 is 27.1 Å². The van der Waals surface area contributed by atoms with Crippen molar-refractivity contribution in [1.29, 1.82) is 0 Å². The molecule has 0 spiro atoms. The van der Waals surface area contributed by atoms with Gasteiger partial charge in [-0.3, -0.25) is 9.59 Å². The number of alkyl halides is 3. The minimum absolute atomic E-state index is 0.0898. The lowest BCUT2D eigenvalue weighted by Crippen LogP contribution is -2.32. The van der Waals surface area contributed by atoms with E-state index >= 15 is 0 Å². The van der Waals surface area contributed by atoms with Gasteiger partial charge in [0.25, 0.3) is 5.91 Å². The van der Waals surface area contributed by atoms with E-state index in [1.807, 2.05) is 12.1 Å². The summed E-state index contributed by atoms with van der Waals surface area (Å²) in [5, 5.41) is 2.69. The van der Waals surface area contributed by atoms with Gasteiger partial charge in [0.2, 0.25) is 11.2 Å². The highest BCUT2D eigenvalue weighted by Gasteiger charge is 2.31. The number of fused-ring (bicyclic) bond motifs is 1. The van der Waals surface area contributed by atoms with Crippen LogP contribution in [0.3, 0.4) is 0 Å². The van der Waals surface area contributed by atoms with Gasteiger partial charge in [0.1, 0.15) is 5.58 Å². The Morgan fingerprint density at radius 1 is 0.949 bits per heavy atom. The van der Waals surface area contributed by atoms with E-state index in [-0.39, 0.29) is 38.6 Å². The van der Waals surface area contributed by atoms with Gasteiger partial charge in [-0.2, -0.15) is 13.2 Å². The van der Waals surface area contributed by atoms with E-state index in [0.29, 0.717) is 10.6 Å². The van der Waals surface area contributed by atoms with Gasteiger partial charge < -0.3 is 14.5 Å². The summed E-state index contributed by atoms with van der Waals surface area (Å²) in [5.41, 5.74) is -0.0679. The second-order valence-electron chi connectivity index (χ2n) is 10.00. The molecule has 1 unspecified atom stereocenters. The normalized spacial score (nSPS) is 12.8. The van der Waals surface area contributed by atoms with Crippen molar-refractivity contribution >= 4 is 45.8 Å². The van der Waals surface area contributed by atoms with Crippen LogP contribution in [-0.2, 0) is 16.4 Å². The van der Waals surface area contributed by atoms with E-state index in [4.69, 9.17) is 32.4 Å². The second-order valence-corrected chi connectivity index (χ2v) is 10.8. The molecule has 0 aliphatic carbocycles. The largest absolute Gasteiger partial charge is 0.473 e. The first-order valence-corrected chi connectivity index (χ1v) is 12.6. The lowest BCUT2D eigenvalue weighted by atomic mass is 9.86. The number of ether oxygens (including phenoxy) is 1. The zero-order valence-electron chi connectivity index (χ0n) is 21.4. The zero-order valence-corrected chi connectivity index (χ0v) is 22.9. The van der Waals surface area contributed by atoms with E-state index < -0.39 is 29.2 Å². The molecule has 10 heteroatoms. The van der Waals surface area contributed by atoms with Crippen LogP contribution in [0, 0.1) is 0 Å². The van der Waals surface area contributed by atoms with E-state index in [9.17, 15) is 22.8 Å². The first kappa shape index (κ1) is 28.5. The van der Waals surface area contributed by atoms with E-state index in [1.165, 1.54) is 13.0 Å². The zero-order chi connectivity index (χ0) is 28.7. The van der Waals surface area contributed by atoms with Gasteiger partial charge in [0, 0.05) is 10.6 Å². The third-order valence-electron chi connectivity index (χ3n) is 6.04. The predicted octanol–water partition coefficient (Wildman–Crippen LogP) is 8.49. The Morgan fingerprint density at radius 3 is 2.21 bits per heavy atom. The number of hydrogen-bond donors (Lipinski definition) is 1. The lowest BCUT2D eigenvalue weighted by Gasteiger charge is -2.20. The molecular formula is C29H24Cl2F3NO4. The fourth-order valence-corrected chi connectivity index (χ4v) is 4.17. The van der Waals surface area contributed by atoms with Crippen LogP contribution in [-0.4, -0.2) is 12.0 Å². The van der Waals surface area contributed by atoms with Crippen LogP contribution in [0.25, 0.3) is 22.3 Å². The summed E-state index contributed by atoms with van der Waals surface area (Å²) in [7, 11) is 0. The van der Waals surface area contributed by atoms with Crippen LogP contribution in [0.1, 0.15) is 38.8 Å². The van der Waals surface area contributed by atoms with E-state index in [1.54, 1.807) is 24.3 Å². The number of carbonyl (C=O) groups excluding carboxylic acids is 1. The smallest absolute Gasteiger partial charge is 0.416 e. The number of anilines is 1. The molecular weight excluding hydrogens is 554 g/mol. The van der Waals surface area contributed by atoms with Crippen LogP contribution in [0.15, 0.2) is 69.9 Å². The number of carbonyl (C=O) groups is 1. The molecule has 0 aliphatic heterocycles. The number of halogens is 5. The third kappa shape index (κ3) is 6.23. The third-order valence-corrected chi connectivity index (χ3v) is 6.60. The average molecular weight is 578 g/mol. The molecule has 0 radical (unpaired) electrons. The van der Waals surface area contributed by atoms with Crippen molar-refractivity contribution in [2.75, 3.05) is 5.32 Å². The summed E-state index contributed by atoms with van der Waals surface area (Å²) in [6, 6.07) is 14.5. The number of nitrogens with one attached hydrogen (secondary N) is 1. The number of benzene rings is 3. The quantitative estimate of drug-likeness (QED) is 0.258.